The van der Waals surface area contributed by atoms with E-state index in [0.717, 1.165) is 6.07 Å². The molecule has 3 unspecified atom stereocenters. The van der Waals surface area contributed by atoms with Gasteiger partial charge in [0.25, 0.3) is 0 Å². The monoisotopic (exact) mass is 327 g/mol. The summed E-state index contributed by atoms with van der Waals surface area (Å²) in [5.74, 6) is -1.52. The molecule has 2 aliphatic heterocycles. The van der Waals surface area contributed by atoms with Crippen LogP contribution in [0.2, 0.25) is 0 Å². The summed E-state index contributed by atoms with van der Waals surface area (Å²) in [6.07, 6.45) is -0.396. The van der Waals surface area contributed by atoms with Crippen LogP contribution in [0.5, 0.6) is 0 Å². The van der Waals surface area contributed by atoms with E-state index in [1.54, 1.807) is 0 Å². The van der Waals surface area contributed by atoms with E-state index in [2.05, 4.69) is 4.99 Å². The molecule has 8 heteroatoms. The van der Waals surface area contributed by atoms with Gasteiger partial charge in [-0.3, -0.25) is 4.79 Å². The van der Waals surface area contributed by atoms with Gasteiger partial charge in [0.15, 0.2) is 5.17 Å². The van der Waals surface area contributed by atoms with Gasteiger partial charge in [-0.25, -0.2) is 13.8 Å². The first-order chi connectivity index (χ1) is 10.4. The molecule has 3 atom stereocenters. The van der Waals surface area contributed by atoms with Crippen LogP contribution >= 0.6 is 11.8 Å². The SMILES string of the molecule is NC(=O)C1CC2CSC(N)=NC2(c2ccc(F)cc2F)CO1. The van der Waals surface area contributed by atoms with Gasteiger partial charge in [-0.1, -0.05) is 17.8 Å². The molecule has 0 radical (unpaired) electrons. The van der Waals surface area contributed by atoms with Crippen LogP contribution in [0, 0.1) is 17.6 Å². The van der Waals surface area contributed by atoms with Gasteiger partial charge in [0.2, 0.25) is 5.91 Å². The van der Waals surface area contributed by atoms with Crippen LogP contribution < -0.4 is 11.5 Å². The number of nitrogens with two attached hydrogens (primary N) is 2. The molecule has 0 bridgehead atoms. The van der Waals surface area contributed by atoms with Crippen LogP contribution in [0.4, 0.5) is 8.78 Å². The Labute approximate surface area is 130 Å². The molecule has 4 N–H and O–H groups in total. The molecule has 1 fully saturated rings. The summed E-state index contributed by atoms with van der Waals surface area (Å²) in [6.45, 7) is -0.0188. The lowest BCUT2D eigenvalue weighted by molar-refractivity contribution is -0.138. The zero-order chi connectivity index (χ0) is 15.9. The highest BCUT2D eigenvalue weighted by molar-refractivity contribution is 8.13. The van der Waals surface area contributed by atoms with Crippen molar-refractivity contribution >= 4 is 22.8 Å². The average Bonchev–Trinajstić information content (AvgIpc) is 2.46. The molecule has 5 nitrogen and oxygen atoms in total. The van der Waals surface area contributed by atoms with Crippen molar-refractivity contribution < 1.29 is 18.3 Å². The van der Waals surface area contributed by atoms with Crippen LogP contribution in [-0.4, -0.2) is 29.5 Å². The molecule has 1 aromatic carbocycles. The third kappa shape index (κ3) is 2.46. The summed E-state index contributed by atoms with van der Waals surface area (Å²) in [4.78, 5) is 15.8. The number of ether oxygens (including phenoxy) is 1. The number of aliphatic imine (C=N–C) groups is 1. The van der Waals surface area contributed by atoms with Crippen molar-refractivity contribution in [3.63, 3.8) is 0 Å². The molecule has 0 aromatic heterocycles. The van der Waals surface area contributed by atoms with Crippen LogP contribution in [0.25, 0.3) is 0 Å². The molecule has 1 aromatic rings. The van der Waals surface area contributed by atoms with Crippen LogP contribution in [-0.2, 0) is 15.1 Å². The van der Waals surface area contributed by atoms with E-state index in [1.807, 2.05) is 0 Å². The fraction of sp³-hybridized carbons (Fsp3) is 0.429. The van der Waals surface area contributed by atoms with Gasteiger partial charge in [0.05, 0.1) is 6.61 Å². The van der Waals surface area contributed by atoms with Crippen molar-refractivity contribution in [2.45, 2.75) is 18.1 Å². The second kappa shape index (κ2) is 5.51. The highest BCUT2D eigenvalue weighted by Crippen LogP contribution is 2.46. The molecule has 1 amide bonds. The minimum absolute atomic E-state index is 0.0188. The van der Waals surface area contributed by atoms with Crippen molar-refractivity contribution in [2.75, 3.05) is 12.4 Å². The summed E-state index contributed by atoms with van der Waals surface area (Å²) < 4.78 is 33.0. The summed E-state index contributed by atoms with van der Waals surface area (Å²) in [7, 11) is 0. The fourth-order valence-electron chi connectivity index (χ4n) is 3.01. The Hall–Kier alpha value is -1.67. The molecular formula is C14H15F2N3O2S. The maximum atomic E-state index is 14.3. The Morgan fingerprint density at radius 1 is 1.45 bits per heavy atom. The quantitative estimate of drug-likeness (QED) is 0.851. The molecule has 1 saturated heterocycles. The number of amides is 1. The van der Waals surface area contributed by atoms with Crippen molar-refractivity contribution in [2.24, 2.45) is 22.4 Å². The minimum atomic E-state index is -1.04. The first-order valence-electron chi connectivity index (χ1n) is 6.77. The standard InChI is InChI=1S/C14H15F2N3O2S/c15-8-1-2-9(10(16)4-8)14-6-21-11(12(17)20)3-7(14)5-22-13(18)19-14/h1-2,4,7,11H,3,5-6H2,(H2,17,20)(H2,18,19). The van der Waals surface area contributed by atoms with Gasteiger partial charge in [-0.2, -0.15) is 0 Å². The number of halogens is 2. The van der Waals surface area contributed by atoms with Crippen molar-refractivity contribution in [3.8, 4) is 0 Å². The number of thioether (sulfide) groups is 1. The summed E-state index contributed by atoms with van der Waals surface area (Å²) in [5, 5.41) is 0.320. The number of nitrogens with zero attached hydrogens (tertiary/aromatic N) is 1. The van der Waals surface area contributed by atoms with E-state index in [0.29, 0.717) is 17.3 Å². The molecule has 3 rings (SSSR count). The lowest BCUT2D eigenvalue weighted by atomic mass is 9.75. The molecule has 0 aliphatic carbocycles. The summed E-state index contributed by atoms with van der Waals surface area (Å²) >= 11 is 1.34. The van der Waals surface area contributed by atoms with Crippen LogP contribution in [0.3, 0.4) is 0 Å². The molecule has 22 heavy (non-hydrogen) atoms. The number of rotatable bonds is 2. The molecule has 0 spiro atoms. The van der Waals surface area contributed by atoms with Crippen molar-refractivity contribution in [1.29, 1.82) is 0 Å². The molecule has 2 aliphatic rings. The Balaban J connectivity index is 2.06. The Bertz CT molecular complexity index is 655. The largest absolute Gasteiger partial charge is 0.379 e. The molecular weight excluding hydrogens is 312 g/mol. The number of carbonyl (C=O) groups is 1. The minimum Gasteiger partial charge on any atom is -0.379 e. The first-order valence-corrected chi connectivity index (χ1v) is 7.75. The summed E-state index contributed by atoms with van der Waals surface area (Å²) in [6, 6.07) is 3.35. The Morgan fingerprint density at radius 3 is 2.91 bits per heavy atom. The van der Waals surface area contributed by atoms with Crippen LogP contribution in [0.1, 0.15) is 12.0 Å². The number of hydrogen-bond acceptors (Lipinski definition) is 5. The predicted octanol–water partition coefficient (Wildman–Crippen LogP) is 1.11. The second-order valence-corrected chi connectivity index (χ2v) is 6.48. The normalized spacial score (nSPS) is 31.3. The zero-order valence-electron chi connectivity index (χ0n) is 11.6. The van der Waals surface area contributed by atoms with Crippen LogP contribution in [0.15, 0.2) is 23.2 Å². The van der Waals surface area contributed by atoms with Crippen molar-refractivity contribution in [1.82, 2.24) is 0 Å². The van der Waals surface area contributed by atoms with Gasteiger partial charge < -0.3 is 16.2 Å². The zero-order valence-corrected chi connectivity index (χ0v) is 12.4. The fourth-order valence-corrected chi connectivity index (χ4v) is 4.02. The summed E-state index contributed by atoms with van der Waals surface area (Å²) in [5.41, 5.74) is 10.3. The topological polar surface area (TPSA) is 90.7 Å². The number of benzene rings is 1. The smallest absolute Gasteiger partial charge is 0.246 e. The highest BCUT2D eigenvalue weighted by atomic mass is 32.2. The van der Waals surface area contributed by atoms with Gasteiger partial charge in [0, 0.05) is 23.3 Å². The van der Waals surface area contributed by atoms with E-state index < -0.39 is 29.2 Å². The third-order valence-corrected chi connectivity index (χ3v) is 5.09. The van der Waals surface area contributed by atoms with E-state index in [4.69, 9.17) is 16.2 Å². The maximum Gasteiger partial charge on any atom is 0.246 e. The highest BCUT2D eigenvalue weighted by Gasteiger charge is 2.50. The van der Waals surface area contributed by atoms with E-state index in [-0.39, 0.29) is 18.1 Å². The second-order valence-electron chi connectivity index (χ2n) is 5.44. The average molecular weight is 327 g/mol. The number of carbonyl (C=O) groups excluding carboxylic acids is 1. The first kappa shape index (κ1) is 15.2. The van der Waals surface area contributed by atoms with Gasteiger partial charge >= 0.3 is 0 Å². The molecule has 118 valence electrons. The van der Waals surface area contributed by atoms with E-state index in [1.165, 1.54) is 23.9 Å². The third-order valence-electron chi connectivity index (χ3n) is 4.14. The number of primary amides is 1. The maximum absolute atomic E-state index is 14.3. The van der Waals surface area contributed by atoms with Gasteiger partial charge in [-0.05, 0) is 12.5 Å². The number of fused-ring (bicyclic) bond motifs is 1. The molecule has 0 saturated carbocycles. The number of hydrogen-bond donors (Lipinski definition) is 2. The van der Waals surface area contributed by atoms with Gasteiger partial charge in [-0.15, -0.1) is 0 Å². The van der Waals surface area contributed by atoms with E-state index >= 15 is 0 Å². The Morgan fingerprint density at radius 2 is 2.23 bits per heavy atom. The molecule has 2 heterocycles. The lowest BCUT2D eigenvalue weighted by Crippen LogP contribution is -2.53. The predicted molar refractivity (Wildman–Crippen MR) is 79.2 cm³/mol. The number of amidine groups is 1. The van der Waals surface area contributed by atoms with E-state index in [9.17, 15) is 13.6 Å². The van der Waals surface area contributed by atoms with Crippen molar-refractivity contribution in [3.05, 3.63) is 35.4 Å². The van der Waals surface area contributed by atoms with Gasteiger partial charge in [0.1, 0.15) is 23.3 Å². The lowest BCUT2D eigenvalue weighted by Gasteiger charge is -2.45. The Kier molecular flexibility index (Phi) is 3.82.